The first-order valence-electron chi connectivity index (χ1n) is 15.6. The van der Waals surface area contributed by atoms with Crippen LogP contribution in [0, 0.1) is 29.6 Å². The maximum atomic E-state index is 14.4. The van der Waals surface area contributed by atoms with Gasteiger partial charge >= 0.3 is 0 Å². The number of anilines is 1. The number of benzene rings is 6. The van der Waals surface area contributed by atoms with Crippen molar-refractivity contribution >= 4 is 23.4 Å². The molecule has 0 aliphatic carbocycles. The molecule has 6 nitrogen and oxygen atoms in total. The van der Waals surface area contributed by atoms with Gasteiger partial charge in [0.1, 0.15) is 34.6 Å². The molecule has 1 aliphatic rings. The SMILES string of the molecule is CSc1ccc(Oc2ccc(C3(c4ccc(Oc5ccc(C)c(C#N)c5)cc4)c4ccccc4C(=O)N3c3ccccc3)cc2)cc1C#N. The topological polar surface area (TPSA) is 86.3 Å². The number of fused-ring (bicyclic) bond motifs is 1. The van der Waals surface area contributed by atoms with E-state index in [1.54, 1.807) is 12.1 Å². The Balaban J connectivity index is 1.34. The molecule has 0 N–H and O–H groups in total. The Hall–Kier alpha value is -6.28. The summed E-state index contributed by atoms with van der Waals surface area (Å²) in [6.45, 7) is 1.89. The number of para-hydroxylation sites is 1. The van der Waals surface area contributed by atoms with Crippen LogP contribution in [-0.4, -0.2) is 12.2 Å². The lowest BCUT2D eigenvalue weighted by Crippen LogP contribution is -2.46. The van der Waals surface area contributed by atoms with E-state index in [1.165, 1.54) is 11.8 Å². The summed E-state index contributed by atoms with van der Waals surface area (Å²) in [6.07, 6.45) is 1.94. The number of carbonyl (C=O) groups is 1. The van der Waals surface area contributed by atoms with Crippen molar-refractivity contribution in [1.82, 2.24) is 0 Å². The molecule has 7 rings (SSSR count). The van der Waals surface area contributed by atoms with E-state index in [0.29, 0.717) is 39.7 Å². The molecule has 0 bridgehead atoms. The Bertz CT molecular complexity index is 2270. The lowest BCUT2D eigenvalue weighted by Gasteiger charge is -2.40. The highest BCUT2D eigenvalue weighted by Gasteiger charge is 2.52. The van der Waals surface area contributed by atoms with Crippen LogP contribution in [0.4, 0.5) is 5.69 Å². The lowest BCUT2D eigenvalue weighted by molar-refractivity contribution is 0.0986. The zero-order valence-electron chi connectivity index (χ0n) is 26.8. The molecule has 0 saturated carbocycles. The molecule has 49 heavy (non-hydrogen) atoms. The second-order valence-electron chi connectivity index (χ2n) is 11.5. The van der Waals surface area contributed by atoms with Crippen molar-refractivity contribution in [2.24, 2.45) is 0 Å². The second kappa shape index (κ2) is 13.1. The number of nitrogens with zero attached hydrogens (tertiary/aromatic N) is 3. The number of amides is 1. The number of nitriles is 2. The van der Waals surface area contributed by atoms with Gasteiger partial charge < -0.3 is 9.47 Å². The molecule has 236 valence electrons. The summed E-state index contributed by atoms with van der Waals surface area (Å²) >= 11 is 1.51. The Morgan fingerprint density at radius 2 is 1.16 bits per heavy atom. The van der Waals surface area contributed by atoms with E-state index in [1.807, 2.05) is 145 Å². The quantitative estimate of drug-likeness (QED) is 0.152. The fourth-order valence-electron chi connectivity index (χ4n) is 6.43. The van der Waals surface area contributed by atoms with Gasteiger partial charge in [0.15, 0.2) is 0 Å². The van der Waals surface area contributed by atoms with Gasteiger partial charge in [-0.3, -0.25) is 9.69 Å². The first kappa shape index (κ1) is 31.3. The van der Waals surface area contributed by atoms with Crippen LogP contribution in [-0.2, 0) is 5.54 Å². The van der Waals surface area contributed by atoms with E-state index in [2.05, 4.69) is 12.1 Å². The number of rotatable bonds is 8. The van der Waals surface area contributed by atoms with Crippen molar-refractivity contribution in [3.05, 3.63) is 178 Å². The van der Waals surface area contributed by atoms with E-state index in [9.17, 15) is 15.3 Å². The first-order valence-corrected chi connectivity index (χ1v) is 16.8. The maximum Gasteiger partial charge on any atom is 0.260 e. The summed E-state index contributed by atoms with van der Waals surface area (Å²) in [5.41, 5.74) is 4.93. The lowest BCUT2D eigenvalue weighted by atomic mass is 9.76. The van der Waals surface area contributed by atoms with Crippen molar-refractivity contribution in [2.75, 3.05) is 11.2 Å². The normalized spacial score (nSPS) is 14.9. The summed E-state index contributed by atoms with van der Waals surface area (Å²) < 4.78 is 12.4. The third-order valence-corrected chi connectivity index (χ3v) is 9.53. The van der Waals surface area contributed by atoms with Crippen LogP contribution in [0.25, 0.3) is 0 Å². The first-order chi connectivity index (χ1) is 24.0. The molecule has 1 amide bonds. The van der Waals surface area contributed by atoms with E-state index < -0.39 is 5.54 Å². The predicted molar refractivity (Wildman–Crippen MR) is 191 cm³/mol. The highest BCUT2D eigenvalue weighted by Crippen LogP contribution is 2.51. The molecular formula is C42H29N3O3S. The van der Waals surface area contributed by atoms with Crippen LogP contribution in [0.1, 0.15) is 43.7 Å². The van der Waals surface area contributed by atoms with E-state index in [0.717, 1.165) is 32.8 Å². The van der Waals surface area contributed by atoms with Crippen molar-refractivity contribution in [3.8, 4) is 35.1 Å². The number of hydrogen-bond donors (Lipinski definition) is 0. The third-order valence-electron chi connectivity index (χ3n) is 8.74. The van der Waals surface area contributed by atoms with Gasteiger partial charge in [0.2, 0.25) is 0 Å². The zero-order chi connectivity index (χ0) is 34.0. The van der Waals surface area contributed by atoms with E-state index >= 15 is 0 Å². The number of aryl methyl sites for hydroxylation is 1. The number of hydrogen-bond acceptors (Lipinski definition) is 6. The van der Waals surface area contributed by atoms with Gasteiger partial charge in [0.05, 0.1) is 17.2 Å². The van der Waals surface area contributed by atoms with Crippen LogP contribution in [0.3, 0.4) is 0 Å². The average Bonchev–Trinajstić information content (AvgIpc) is 3.42. The Morgan fingerprint density at radius 3 is 1.76 bits per heavy atom. The second-order valence-corrected chi connectivity index (χ2v) is 12.4. The van der Waals surface area contributed by atoms with Crippen molar-refractivity contribution in [3.63, 3.8) is 0 Å². The molecule has 0 spiro atoms. The molecular weight excluding hydrogens is 627 g/mol. The molecule has 0 fully saturated rings. The Kier molecular flexibility index (Phi) is 8.36. The summed E-state index contributed by atoms with van der Waals surface area (Å²) in [5.74, 6) is 2.22. The van der Waals surface area contributed by atoms with Crippen molar-refractivity contribution in [1.29, 1.82) is 10.5 Å². The molecule has 1 aliphatic heterocycles. The van der Waals surface area contributed by atoms with Gasteiger partial charge in [-0.05, 0) is 108 Å². The number of thioether (sulfide) groups is 1. The molecule has 0 aromatic heterocycles. The minimum Gasteiger partial charge on any atom is -0.457 e. The number of ether oxygens (including phenoxy) is 2. The smallest absolute Gasteiger partial charge is 0.260 e. The van der Waals surface area contributed by atoms with Crippen molar-refractivity contribution in [2.45, 2.75) is 17.4 Å². The summed E-state index contributed by atoms with van der Waals surface area (Å²) in [7, 11) is 0. The standard InChI is InChI=1S/C42H29N3O3S/c1-28-12-17-36(24-29(28)26-43)47-34-18-13-31(14-19-34)42(39-11-7-6-10-38(39)41(46)45(42)33-8-4-3-5-9-33)32-15-20-35(21-16-32)48-37-22-23-40(49-2)30(25-37)27-44/h3-25H,1-2H3. The van der Waals surface area contributed by atoms with E-state index in [-0.39, 0.29) is 5.91 Å². The molecule has 0 saturated heterocycles. The largest absolute Gasteiger partial charge is 0.457 e. The minimum absolute atomic E-state index is 0.107. The minimum atomic E-state index is -1.03. The summed E-state index contributed by atoms with van der Waals surface area (Å²) in [4.78, 5) is 17.2. The predicted octanol–water partition coefficient (Wildman–Crippen LogP) is 10.00. The zero-order valence-corrected chi connectivity index (χ0v) is 27.6. The molecule has 1 unspecified atom stereocenters. The Morgan fingerprint density at radius 1 is 0.633 bits per heavy atom. The third kappa shape index (κ3) is 5.57. The van der Waals surface area contributed by atoms with Crippen LogP contribution in [0.2, 0.25) is 0 Å². The molecule has 6 aromatic carbocycles. The van der Waals surface area contributed by atoms with Gasteiger partial charge in [-0.15, -0.1) is 11.8 Å². The van der Waals surface area contributed by atoms with Gasteiger partial charge in [0, 0.05) is 16.1 Å². The van der Waals surface area contributed by atoms with Gasteiger partial charge in [-0.1, -0.05) is 66.7 Å². The number of carbonyl (C=O) groups excluding carboxylic acids is 1. The molecule has 1 atom stereocenters. The maximum absolute atomic E-state index is 14.4. The molecule has 6 aromatic rings. The highest BCUT2D eigenvalue weighted by atomic mass is 32.2. The van der Waals surface area contributed by atoms with Gasteiger partial charge in [-0.2, -0.15) is 10.5 Å². The highest BCUT2D eigenvalue weighted by molar-refractivity contribution is 7.98. The Labute approximate surface area is 289 Å². The van der Waals surface area contributed by atoms with E-state index in [4.69, 9.17) is 9.47 Å². The fourth-order valence-corrected chi connectivity index (χ4v) is 6.95. The summed E-state index contributed by atoms with van der Waals surface area (Å²) in [5, 5.41) is 19.1. The average molecular weight is 656 g/mol. The van der Waals surface area contributed by atoms with Crippen LogP contribution >= 0.6 is 11.8 Å². The van der Waals surface area contributed by atoms with Crippen LogP contribution in [0.15, 0.2) is 144 Å². The van der Waals surface area contributed by atoms with Crippen LogP contribution < -0.4 is 14.4 Å². The molecule has 0 radical (unpaired) electrons. The van der Waals surface area contributed by atoms with Gasteiger partial charge in [0.25, 0.3) is 5.91 Å². The van der Waals surface area contributed by atoms with Gasteiger partial charge in [-0.25, -0.2) is 0 Å². The van der Waals surface area contributed by atoms with Crippen LogP contribution in [0.5, 0.6) is 23.0 Å². The fraction of sp³-hybridized carbons (Fsp3) is 0.0714. The van der Waals surface area contributed by atoms with Crippen molar-refractivity contribution < 1.29 is 14.3 Å². The molecule has 7 heteroatoms. The molecule has 1 heterocycles. The summed E-state index contributed by atoms with van der Waals surface area (Å²) in [6, 6.07) is 48.3. The monoisotopic (exact) mass is 655 g/mol.